The minimum atomic E-state index is -0.663. The van der Waals surface area contributed by atoms with E-state index in [2.05, 4.69) is 5.32 Å². The molecule has 0 saturated carbocycles. The highest BCUT2D eigenvalue weighted by Gasteiger charge is 2.20. The van der Waals surface area contributed by atoms with Gasteiger partial charge in [-0.25, -0.2) is 4.98 Å². The van der Waals surface area contributed by atoms with Gasteiger partial charge in [-0.1, -0.05) is 0 Å². The molecule has 0 aliphatic carbocycles. The van der Waals surface area contributed by atoms with Crippen molar-refractivity contribution in [2.75, 3.05) is 19.5 Å². The van der Waals surface area contributed by atoms with Gasteiger partial charge in [-0.05, 0) is 49.7 Å². The second-order valence-electron chi connectivity index (χ2n) is 5.92. The van der Waals surface area contributed by atoms with Gasteiger partial charge in [0.25, 0.3) is 0 Å². The number of aryl methyl sites for hydroxylation is 1. The van der Waals surface area contributed by atoms with E-state index in [0.29, 0.717) is 23.0 Å². The average Bonchev–Trinajstić information content (AvgIpc) is 2.98. The van der Waals surface area contributed by atoms with Gasteiger partial charge in [0.1, 0.15) is 22.5 Å². The van der Waals surface area contributed by atoms with Crippen molar-refractivity contribution < 1.29 is 14.3 Å². The lowest BCUT2D eigenvalue weighted by Gasteiger charge is -2.11. The van der Waals surface area contributed by atoms with Crippen LogP contribution in [0.5, 0.6) is 11.5 Å². The van der Waals surface area contributed by atoms with Crippen LogP contribution in [-0.4, -0.2) is 34.9 Å². The van der Waals surface area contributed by atoms with Gasteiger partial charge in [0, 0.05) is 11.8 Å². The van der Waals surface area contributed by atoms with Crippen LogP contribution < -0.4 is 14.8 Å². The molecule has 136 valence electrons. The van der Waals surface area contributed by atoms with Gasteiger partial charge in [-0.15, -0.1) is 11.6 Å². The predicted octanol–water partition coefficient (Wildman–Crippen LogP) is 3.89. The molecule has 0 saturated heterocycles. The summed E-state index contributed by atoms with van der Waals surface area (Å²) >= 11 is 5.93. The molecule has 3 aromatic rings. The van der Waals surface area contributed by atoms with E-state index in [4.69, 9.17) is 26.1 Å². The summed E-state index contributed by atoms with van der Waals surface area (Å²) in [5, 5.41) is 2.21. The Morgan fingerprint density at radius 2 is 1.92 bits per heavy atom. The van der Waals surface area contributed by atoms with E-state index >= 15 is 0 Å². The predicted molar refractivity (Wildman–Crippen MR) is 102 cm³/mol. The molecule has 0 spiro atoms. The first kappa shape index (κ1) is 18.1. The number of alkyl halides is 1. The highest BCUT2D eigenvalue weighted by molar-refractivity contribution is 6.32. The molecule has 1 amide bonds. The van der Waals surface area contributed by atoms with Crippen LogP contribution in [0.3, 0.4) is 0 Å². The normalized spacial score (nSPS) is 12.0. The van der Waals surface area contributed by atoms with E-state index in [1.54, 1.807) is 27.2 Å². The summed E-state index contributed by atoms with van der Waals surface area (Å²) in [6.07, 6.45) is 1.87. The van der Waals surface area contributed by atoms with Crippen molar-refractivity contribution in [2.24, 2.45) is 0 Å². The number of nitrogens with one attached hydrogen (secondary N) is 1. The number of rotatable bonds is 5. The van der Waals surface area contributed by atoms with Crippen LogP contribution in [-0.2, 0) is 4.79 Å². The van der Waals surface area contributed by atoms with Crippen molar-refractivity contribution in [1.82, 2.24) is 9.38 Å². The zero-order chi connectivity index (χ0) is 18.8. The highest BCUT2D eigenvalue weighted by atomic mass is 35.5. The number of imidazole rings is 1. The molecule has 1 N–H and O–H groups in total. The molecule has 7 heteroatoms. The number of anilines is 1. The van der Waals surface area contributed by atoms with Crippen LogP contribution >= 0.6 is 11.6 Å². The number of pyridine rings is 1. The van der Waals surface area contributed by atoms with Crippen LogP contribution in [0.25, 0.3) is 16.9 Å². The summed E-state index contributed by atoms with van der Waals surface area (Å²) in [6, 6.07) is 9.40. The third-order valence-corrected chi connectivity index (χ3v) is 4.24. The molecule has 0 bridgehead atoms. The van der Waals surface area contributed by atoms with Crippen molar-refractivity contribution >= 4 is 29.0 Å². The lowest BCUT2D eigenvalue weighted by Crippen LogP contribution is -2.21. The Labute approximate surface area is 156 Å². The van der Waals surface area contributed by atoms with Crippen molar-refractivity contribution in [3.8, 4) is 22.8 Å². The number of hydrogen-bond donors (Lipinski definition) is 1. The van der Waals surface area contributed by atoms with E-state index < -0.39 is 5.38 Å². The number of hydrogen-bond acceptors (Lipinski definition) is 4. The zero-order valence-electron chi connectivity index (χ0n) is 15.0. The standard InChI is InChI=1S/C19H20ClN3O3/c1-11-7-8-23-16(9-11)21-17(18(23)22-19(24)12(2)20)13-5-6-14(25-3)15(10-13)26-4/h5-10,12H,1-4H3,(H,22,24)/t12-/m0/s1. The molecule has 2 aromatic heterocycles. The Hall–Kier alpha value is -2.73. The number of fused-ring (bicyclic) bond motifs is 1. The molecule has 0 aliphatic heterocycles. The van der Waals surface area contributed by atoms with Crippen molar-refractivity contribution in [3.63, 3.8) is 0 Å². The topological polar surface area (TPSA) is 64.9 Å². The number of halogens is 1. The van der Waals surface area contributed by atoms with Crippen LogP contribution in [0, 0.1) is 6.92 Å². The van der Waals surface area contributed by atoms with Crippen molar-refractivity contribution in [1.29, 1.82) is 0 Å². The summed E-state index contributed by atoms with van der Waals surface area (Å²) < 4.78 is 12.5. The van der Waals surface area contributed by atoms with Crippen molar-refractivity contribution in [2.45, 2.75) is 19.2 Å². The zero-order valence-corrected chi connectivity index (χ0v) is 15.8. The molecule has 0 radical (unpaired) electrons. The molecule has 1 aromatic carbocycles. The molecule has 0 aliphatic rings. The number of aromatic nitrogens is 2. The number of carbonyl (C=O) groups is 1. The first-order valence-electron chi connectivity index (χ1n) is 8.10. The molecular formula is C19H20ClN3O3. The Bertz CT molecular complexity index is 966. The molecule has 1 atom stereocenters. The van der Waals surface area contributed by atoms with Gasteiger partial charge in [0.05, 0.1) is 14.2 Å². The lowest BCUT2D eigenvalue weighted by molar-refractivity contribution is -0.115. The number of amides is 1. The minimum Gasteiger partial charge on any atom is -0.493 e. The highest BCUT2D eigenvalue weighted by Crippen LogP contribution is 2.35. The second-order valence-corrected chi connectivity index (χ2v) is 6.57. The van der Waals surface area contributed by atoms with E-state index in [-0.39, 0.29) is 5.91 Å². The monoisotopic (exact) mass is 373 g/mol. The fourth-order valence-electron chi connectivity index (χ4n) is 2.67. The Kier molecular flexibility index (Phi) is 5.04. The number of carbonyl (C=O) groups excluding carboxylic acids is 1. The first-order chi connectivity index (χ1) is 12.4. The quantitative estimate of drug-likeness (QED) is 0.689. The minimum absolute atomic E-state index is 0.296. The smallest absolute Gasteiger partial charge is 0.243 e. The summed E-state index contributed by atoms with van der Waals surface area (Å²) in [4.78, 5) is 16.9. The van der Waals surface area contributed by atoms with Crippen LogP contribution in [0.4, 0.5) is 5.82 Å². The largest absolute Gasteiger partial charge is 0.493 e. The van der Waals surface area contributed by atoms with E-state index in [0.717, 1.165) is 16.8 Å². The van der Waals surface area contributed by atoms with E-state index in [1.165, 1.54) is 0 Å². The van der Waals surface area contributed by atoms with Crippen LogP contribution in [0.2, 0.25) is 0 Å². The summed E-state index contributed by atoms with van der Waals surface area (Å²) in [5.41, 5.74) is 3.22. The number of ether oxygens (including phenoxy) is 2. The average molecular weight is 374 g/mol. The molecule has 26 heavy (non-hydrogen) atoms. The molecule has 3 rings (SSSR count). The number of nitrogens with zero attached hydrogens (tertiary/aromatic N) is 2. The third kappa shape index (κ3) is 3.32. The van der Waals surface area contributed by atoms with Crippen LogP contribution in [0.15, 0.2) is 36.5 Å². The summed E-state index contributed by atoms with van der Waals surface area (Å²) in [6.45, 7) is 3.62. The molecule has 6 nitrogen and oxygen atoms in total. The molecule has 0 unspecified atom stereocenters. The van der Waals surface area contributed by atoms with Gasteiger partial charge in [0.15, 0.2) is 11.5 Å². The lowest BCUT2D eigenvalue weighted by atomic mass is 10.1. The maximum Gasteiger partial charge on any atom is 0.243 e. The molecule has 0 fully saturated rings. The summed E-state index contributed by atoms with van der Waals surface area (Å²) in [7, 11) is 3.16. The Balaban J connectivity index is 2.19. The van der Waals surface area contributed by atoms with Gasteiger partial charge < -0.3 is 14.8 Å². The van der Waals surface area contributed by atoms with Gasteiger partial charge in [0.2, 0.25) is 5.91 Å². The third-order valence-electron chi connectivity index (χ3n) is 4.04. The van der Waals surface area contributed by atoms with Gasteiger partial charge >= 0.3 is 0 Å². The Morgan fingerprint density at radius 1 is 1.19 bits per heavy atom. The first-order valence-corrected chi connectivity index (χ1v) is 8.54. The number of benzene rings is 1. The van der Waals surface area contributed by atoms with Crippen molar-refractivity contribution in [3.05, 3.63) is 42.1 Å². The Morgan fingerprint density at radius 3 is 2.58 bits per heavy atom. The van der Waals surface area contributed by atoms with Gasteiger partial charge in [-0.2, -0.15) is 0 Å². The maximum absolute atomic E-state index is 12.2. The van der Waals surface area contributed by atoms with Crippen LogP contribution in [0.1, 0.15) is 12.5 Å². The summed E-state index contributed by atoms with van der Waals surface area (Å²) in [5.74, 6) is 1.47. The van der Waals surface area contributed by atoms with E-state index in [9.17, 15) is 4.79 Å². The van der Waals surface area contributed by atoms with E-state index in [1.807, 2.05) is 41.8 Å². The maximum atomic E-state index is 12.2. The second kappa shape index (κ2) is 7.25. The SMILES string of the molecule is COc1ccc(-c2nc3cc(C)ccn3c2NC(=O)[C@H](C)Cl)cc1OC. The molecular weight excluding hydrogens is 354 g/mol. The number of methoxy groups -OCH3 is 2. The fraction of sp³-hybridized carbons (Fsp3) is 0.263. The molecule has 2 heterocycles. The fourth-order valence-corrected chi connectivity index (χ4v) is 2.72. The van der Waals surface area contributed by atoms with Gasteiger partial charge in [-0.3, -0.25) is 9.20 Å².